The van der Waals surface area contributed by atoms with Crippen molar-refractivity contribution < 1.29 is 9.53 Å². The minimum atomic E-state index is -0.565. The minimum Gasteiger partial charge on any atom is -0.481 e. The lowest BCUT2D eigenvalue weighted by molar-refractivity contribution is -0.127. The molecule has 1 N–H and O–H groups in total. The molecule has 1 aromatic heterocycles. The van der Waals surface area contributed by atoms with E-state index < -0.39 is 6.10 Å². The van der Waals surface area contributed by atoms with Crippen LogP contribution in [0.2, 0.25) is 0 Å². The smallest absolute Gasteiger partial charge is 0.261 e. The summed E-state index contributed by atoms with van der Waals surface area (Å²) in [7, 11) is 0. The number of amides is 1. The van der Waals surface area contributed by atoms with Crippen molar-refractivity contribution in [2.45, 2.75) is 46.3 Å². The summed E-state index contributed by atoms with van der Waals surface area (Å²) in [4.78, 5) is 16.5. The average molecular weight is 377 g/mol. The zero-order valence-electron chi connectivity index (χ0n) is 16.8. The number of hydrogen-bond acceptors (Lipinski definition) is 3. The molecule has 0 spiro atoms. The summed E-state index contributed by atoms with van der Waals surface area (Å²) in [5.74, 6) is 0.983. The quantitative estimate of drug-likeness (QED) is 0.664. The normalized spacial score (nSPS) is 12.0. The molecule has 146 valence electrons. The molecule has 5 heteroatoms. The van der Waals surface area contributed by atoms with Crippen LogP contribution in [0.15, 0.2) is 61.2 Å². The number of hydrogen-bond donors (Lipinski definition) is 1. The Kier molecular flexibility index (Phi) is 6.14. The van der Waals surface area contributed by atoms with Crippen LogP contribution in [0.1, 0.15) is 43.4 Å². The first kappa shape index (κ1) is 19.7. The molecule has 3 aromatic rings. The SMILES string of the molecule is Cc1ccc(C(C)C)c(OC(C)C(=O)NCc2ccc(-n3ccnc3)cc2)c1. The zero-order valence-corrected chi connectivity index (χ0v) is 16.8. The minimum absolute atomic E-state index is 0.130. The highest BCUT2D eigenvalue weighted by Gasteiger charge is 2.17. The lowest BCUT2D eigenvalue weighted by Gasteiger charge is -2.19. The van der Waals surface area contributed by atoms with Gasteiger partial charge in [-0.25, -0.2) is 4.98 Å². The molecule has 0 saturated heterocycles. The molecule has 1 atom stereocenters. The third-order valence-electron chi connectivity index (χ3n) is 4.67. The third kappa shape index (κ3) is 4.80. The molecule has 0 saturated carbocycles. The molecular weight excluding hydrogens is 350 g/mol. The van der Waals surface area contributed by atoms with E-state index in [2.05, 4.69) is 36.3 Å². The molecule has 0 radical (unpaired) electrons. The number of imidazole rings is 1. The molecule has 2 aromatic carbocycles. The number of aryl methyl sites for hydroxylation is 1. The highest BCUT2D eigenvalue weighted by atomic mass is 16.5. The van der Waals surface area contributed by atoms with Crippen molar-refractivity contribution in [2.24, 2.45) is 0 Å². The fourth-order valence-corrected chi connectivity index (χ4v) is 3.00. The monoisotopic (exact) mass is 377 g/mol. The summed E-state index contributed by atoms with van der Waals surface area (Å²) in [5, 5.41) is 2.95. The summed E-state index contributed by atoms with van der Waals surface area (Å²) in [6.07, 6.45) is 4.83. The van der Waals surface area contributed by atoms with Gasteiger partial charge in [-0.1, -0.05) is 38.1 Å². The van der Waals surface area contributed by atoms with Gasteiger partial charge in [0.25, 0.3) is 5.91 Å². The number of nitrogens with one attached hydrogen (secondary N) is 1. The van der Waals surface area contributed by atoms with Crippen molar-refractivity contribution in [3.8, 4) is 11.4 Å². The molecule has 0 aliphatic heterocycles. The van der Waals surface area contributed by atoms with E-state index in [-0.39, 0.29) is 5.91 Å². The van der Waals surface area contributed by atoms with Crippen molar-refractivity contribution in [3.05, 3.63) is 77.9 Å². The molecule has 1 amide bonds. The maximum Gasteiger partial charge on any atom is 0.261 e. The summed E-state index contributed by atoms with van der Waals surface area (Å²) in [6.45, 7) is 8.51. The number of ether oxygens (including phenoxy) is 1. The highest BCUT2D eigenvalue weighted by molar-refractivity contribution is 5.80. The number of benzene rings is 2. The molecule has 1 heterocycles. The van der Waals surface area contributed by atoms with Gasteiger partial charge in [0.2, 0.25) is 0 Å². The van der Waals surface area contributed by atoms with Gasteiger partial charge in [0, 0.05) is 24.6 Å². The molecule has 0 fully saturated rings. The lowest BCUT2D eigenvalue weighted by atomic mass is 10.0. The molecule has 28 heavy (non-hydrogen) atoms. The van der Waals surface area contributed by atoms with Crippen LogP contribution in [0, 0.1) is 6.92 Å². The molecule has 3 rings (SSSR count). The van der Waals surface area contributed by atoms with Crippen LogP contribution in [0.5, 0.6) is 5.75 Å². The van der Waals surface area contributed by atoms with Crippen LogP contribution in [0.3, 0.4) is 0 Å². The Morgan fingerprint density at radius 3 is 2.54 bits per heavy atom. The first-order chi connectivity index (χ1) is 13.4. The maximum absolute atomic E-state index is 12.5. The van der Waals surface area contributed by atoms with E-state index in [1.165, 1.54) is 0 Å². The van der Waals surface area contributed by atoms with Gasteiger partial charge in [0.1, 0.15) is 5.75 Å². The molecule has 0 aliphatic carbocycles. The standard InChI is InChI=1S/C23H27N3O2/c1-16(2)21-10-5-17(3)13-22(21)28-18(4)23(27)25-14-19-6-8-20(9-7-19)26-12-11-24-15-26/h5-13,15-16,18H,14H2,1-4H3,(H,25,27). The summed E-state index contributed by atoms with van der Waals surface area (Å²) >= 11 is 0. The van der Waals surface area contributed by atoms with Gasteiger partial charge in [-0.05, 0) is 54.7 Å². The predicted molar refractivity (Wildman–Crippen MR) is 111 cm³/mol. The van der Waals surface area contributed by atoms with Crippen molar-refractivity contribution in [1.29, 1.82) is 0 Å². The first-order valence-corrected chi connectivity index (χ1v) is 9.56. The van der Waals surface area contributed by atoms with E-state index in [1.807, 2.05) is 48.0 Å². The van der Waals surface area contributed by atoms with Crippen LogP contribution in [-0.4, -0.2) is 21.6 Å². The molecule has 5 nitrogen and oxygen atoms in total. The third-order valence-corrected chi connectivity index (χ3v) is 4.67. The van der Waals surface area contributed by atoms with Crippen LogP contribution in [0.25, 0.3) is 5.69 Å². The summed E-state index contributed by atoms with van der Waals surface area (Å²) < 4.78 is 7.92. The van der Waals surface area contributed by atoms with Gasteiger partial charge < -0.3 is 14.6 Å². The van der Waals surface area contributed by atoms with Gasteiger partial charge >= 0.3 is 0 Å². The number of rotatable bonds is 7. The topological polar surface area (TPSA) is 56.1 Å². The first-order valence-electron chi connectivity index (χ1n) is 9.56. The van der Waals surface area contributed by atoms with Gasteiger partial charge in [0.15, 0.2) is 6.10 Å². The summed E-state index contributed by atoms with van der Waals surface area (Å²) in [5.41, 5.74) is 4.29. The van der Waals surface area contributed by atoms with Crippen LogP contribution in [-0.2, 0) is 11.3 Å². The van der Waals surface area contributed by atoms with Crippen LogP contribution in [0.4, 0.5) is 0 Å². The van der Waals surface area contributed by atoms with Crippen molar-refractivity contribution in [1.82, 2.24) is 14.9 Å². The molecule has 0 bridgehead atoms. The van der Waals surface area contributed by atoms with Gasteiger partial charge in [-0.3, -0.25) is 4.79 Å². The van der Waals surface area contributed by atoms with Crippen LogP contribution >= 0.6 is 0 Å². The lowest BCUT2D eigenvalue weighted by Crippen LogP contribution is -2.36. The average Bonchev–Trinajstić information content (AvgIpc) is 3.21. The number of aromatic nitrogens is 2. The van der Waals surface area contributed by atoms with E-state index in [0.717, 1.165) is 28.1 Å². The van der Waals surface area contributed by atoms with E-state index in [1.54, 1.807) is 19.4 Å². The van der Waals surface area contributed by atoms with E-state index >= 15 is 0 Å². The second-order valence-electron chi connectivity index (χ2n) is 7.31. The van der Waals surface area contributed by atoms with E-state index in [4.69, 9.17) is 4.74 Å². The summed E-state index contributed by atoms with van der Waals surface area (Å²) in [6, 6.07) is 14.1. The van der Waals surface area contributed by atoms with Crippen molar-refractivity contribution in [2.75, 3.05) is 0 Å². The van der Waals surface area contributed by atoms with Gasteiger partial charge in [0.05, 0.1) is 6.33 Å². The Morgan fingerprint density at radius 2 is 1.89 bits per heavy atom. The second kappa shape index (κ2) is 8.74. The van der Waals surface area contributed by atoms with Gasteiger partial charge in [-0.15, -0.1) is 0 Å². The molecule has 0 aliphatic rings. The number of carbonyl (C=O) groups is 1. The van der Waals surface area contributed by atoms with Gasteiger partial charge in [-0.2, -0.15) is 0 Å². The highest BCUT2D eigenvalue weighted by Crippen LogP contribution is 2.28. The second-order valence-corrected chi connectivity index (χ2v) is 7.31. The zero-order chi connectivity index (χ0) is 20.1. The fraction of sp³-hybridized carbons (Fsp3) is 0.304. The predicted octanol–water partition coefficient (Wildman–Crippen LogP) is 4.39. The Bertz CT molecular complexity index is 916. The Labute approximate surface area is 166 Å². The Hall–Kier alpha value is -3.08. The molecular formula is C23H27N3O2. The maximum atomic E-state index is 12.5. The van der Waals surface area contributed by atoms with Crippen LogP contribution < -0.4 is 10.1 Å². The van der Waals surface area contributed by atoms with Crippen molar-refractivity contribution >= 4 is 5.91 Å². The van der Waals surface area contributed by atoms with E-state index in [9.17, 15) is 4.79 Å². The Morgan fingerprint density at radius 1 is 1.14 bits per heavy atom. The Balaban J connectivity index is 1.58. The van der Waals surface area contributed by atoms with Crippen molar-refractivity contribution in [3.63, 3.8) is 0 Å². The van der Waals surface area contributed by atoms with E-state index in [0.29, 0.717) is 12.5 Å². The molecule has 1 unspecified atom stereocenters. The fourth-order valence-electron chi connectivity index (χ4n) is 3.00. The number of carbonyl (C=O) groups excluding carboxylic acids is 1. The number of nitrogens with zero attached hydrogens (tertiary/aromatic N) is 2. The largest absolute Gasteiger partial charge is 0.481 e.